The molecule has 0 atom stereocenters. The Bertz CT molecular complexity index is 473. The van der Waals surface area contributed by atoms with Crippen LogP contribution in [0, 0.1) is 0 Å². The number of anilines is 1. The van der Waals surface area contributed by atoms with E-state index >= 15 is 0 Å². The van der Waals surface area contributed by atoms with Crippen LogP contribution in [0.3, 0.4) is 0 Å². The fraction of sp³-hybridized carbons (Fsp3) is 0.533. The van der Waals surface area contributed by atoms with Crippen LogP contribution in [0.2, 0.25) is 5.02 Å². The molecule has 1 aromatic carbocycles. The van der Waals surface area contributed by atoms with Crippen LogP contribution in [0.4, 0.5) is 5.69 Å². The van der Waals surface area contributed by atoms with E-state index < -0.39 is 0 Å². The zero-order chi connectivity index (χ0) is 14.5. The van der Waals surface area contributed by atoms with Gasteiger partial charge in [0.25, 0.3) is 0 Å². The Morgan fingerprint density at radius 2 is 1.90 bits per heavy atom. The maximum absolute atomic E-state index is 11.0. The van der Waals surface area contributed by atoms with Crippen LogP contribution in [-0.2, 0) is 4.79 Å². The second-order valence-electron chi connectivity index (χ2n) is 5.24. The van der Waals surface area contributed by atoms with E-state index in [-0.39, 0.29) is 5.91 Å². The van der Waals surface area contributed by atoms with Crippen LogP contribution in [-0.4, -0.2) is 24.2 Å². The van der Waals surface area contributed by atoms with Crippen LogP contribution >= 0.6 is 23.4 Å². The van der Waals surface area contributed by atoms with E-state index in [9.17, 15) is 4.79 Å². The number of benzene rings is 1. The minimum Gasteiger partial charge on any atom is -0.382 e. The molecule has 110 valence electrons. The molecule has 3 nitrogen and oxygen atoms in total. The summed E-state index contributed by atoms with van der Waals surface area (Å²) in [6.45, 7) is 1.58. The van der Waals surface area contributed by atoms with Gasteiger partial charge < -0.3 is 10.6 Å². The van der Waals surface area contributed by atoms with Crippen LogP contribution in [0.15, 0.2) is 23.1 Å². The van der Waals surface area contributed by atoms with Gasteiger partial charge in [-0.2, -0.15) is 0 Å². The molecule has 0 aromatic heterocycles. The largest absolute Gasteiger partial charge is 0.382 e. The van der Waals surface area contributed by atoms with Gasteiger partial charge in [0, 0.05) is 29.6 Å². The highest BCUT2D eigenvalue weighted by Crippen LogP contribution is 2.29. The monoisotopic (exact) mass is 312 g/mol. The second kappa shape index (κ2) is 7.23. The number of rotatable bonds is 4. The highest BCUT2D eigenvalue weighted by Gasteiger charge is 2.21. The summed E-state index contributed by atoms with van der Waals surface area (Å²) in [7, 11) is 0. The first-order valence-corrected chi connectivity index (χ1v) is 8.56. The molecule has 1 aromatic rings. The van der Waals surface area contributed by atoms with E-state index in [2.05, 4.69) is 22.8 Å². The summed E-state index contributed by atoms with van der Waals surface area (Å²) in [4.78, 5) is 12.1. The predicted octanol–water partition coefficient (Wildman–Crippen LogP) is 3.92. The van der Waals surface area contributed by atoms with E-state index in [0.717, 1.165) is 41.3 Å². The number of carbonyl (C=O) groups excluding carboxylic acids is 1. The SMILES string of the molecule is CSc1ccc(NC2CCC(NC(C)=O)CC2)cc1Cl. The molecule has 1 fully saturated rings. The molecule has 2 rings (SSSR count). The average molecular weight is 313 g/mol. The smallest absolute Gasteiger partial charge is 0.217 e. The molecule has 2 N–H and O–H groups in total. The van der Waals surface area contributed by atoms with Crippen molar-refractivity contribution >= 4 is 35.0 Å². The Morgan fingerprint density at radius 1 is 1.25 bits per heavy atom. The molecule has 5 heteroatoms. The lowest BCUT2D eigenvalue weighted by Gasteiger charge is -2.30. The van der Waals surface area contributed by atoms with Crippen molar-refractivity contribution in [2.45, 2.75) is 49.6 Å². The van der Waals surface area contributed by atoms with Crippen molar-refractivity contribution in [1.82, 2.24) is 5.32 Å². The van der Waals surface area contributed by atoms with E-state index in [1.54, 1.807) is 18.7 Å². The molecule has 1 aliphatic carbocycles. The normalized spacial score (nSPS) is 22.4. The number of amides is 1. The van der Waals surface area contributed by atoms with Gasteiger partial charge in [-0.25, -0.2) is 0 Å². The lowest BCUT2D eigenvalue weighted by atomic mass is 9.91. The topological polar surface area (TPSA) is 41.1 Å². The first kappa shape index (κ1) is 15.5. The Morgan fingerprint density at radius 3 is 2.45 bits per heavy atom. The van der Waals surface area contributed by atoms with Crippen molar-refractivity contribution in [1.29, 1.82) is 0 Å². The van der Waals surface area contributed by atoms with Gasteiger partial charge in [0.2, 0.25) is 5.91 Å². The molecule has 1 amide bonds. The van der Waals surface area contributed by atoms with Gasteiger partial charge in [-0.15, -0.1) is 11.8 Å². The van der Waals surface area contributed by atoms with Gasteiger partial charge in [0.05, 0.1) is 5.02 Å². The van der Waals surface area contributed by atoms with Gasteiger partial charge in [0.1, 0.15) is 0 Å². The lowest BCUT2D eigenvalue weighted by molar-refractivity contribution is -0.119. The van der Waals surface area contributed by atoms with Crippen LogP contribution < -0.4 is 10.6 Å². The van der Waals surface area contributed by atoms with Gasteiger partial charge in [0.15, 0.2) is 0 Å². The molecule has 20 heavy (non-hydrogen) atoms. The van der Waals surface area contributed by atoms with Crippen molar-refractivity contribution in [3.8, 4) is 0 Å². The predicted molar refractivity (Wildman–Crippen MR) is 86.7 cm³/mol. The fourth-order valence-electron chi connectivity index (χ4n) is 2.66. The highest BCUT2D eigenvalue weighted by atomic mass is 35.5. The first-order valence-electron chi connectivity index (χ1n) is 6.95. The summed E-state index contributed by atoms with van der Waals surface area (Å²) in [6.07, 6.45) is 6.25. The van der Waals surface area contributed by atoms with E-state index in [4.69, 9.17) is 11.6 Å². The Hall–Kier alpha value is -0.870. The Balaban J connectivity index is 1.86. The van der Waals surface area contributed by atoms with E-state index in [1.165, 1.54) is 0 Å². The highest BCUT2D eigenvalue weighted by molar-refractivity contribution is 7.98. The number of nitrogens with one attached hydrogen (secondary N) is 2. The summed E-state index contributed by atoms with van der Waals surface area (Å²) < 4.78 is 0. The lowest BCUT2D eigenvalue weighted by Crippen LogP contribution is -2.39. The Kier molecular flexibility index (Phi) is 5.61. The summed E-state index contributed by atoms with van der Waals surface area (Å²) in [5.41, 5.74) is 1.08. The molecule has 0 radical (unpaired) electrons. The fourth-order valence-corrected chi connectivity index (χ4v) is 3.53. The maximum Gasteiger partial charge on any atom is 0.217 e. The van der Waals surface area contributed by atoms with Crippen molar-refractivity contribution in [3.63, 3.8) is 0 Å². The standard InChI is InChI=1S/C15H21ClN2OS/c1-10(19)17-11-3-5-12(6-4-11)18-13-7-8-15(20-2)14(16)9-13/h7-9,11-12,18H,3-6H2,1-2H3,(H,17,19). The summed E-state index contributed by atoms with van der Waals surface area (Å²) >= 11 is 7.88. The average Bonchev–Trinajstić information content (AvgIpc) is 2.41. The van der Waals surface area contributed by atoms with E-state index in [0.29, 0.717) is 12.1 Å². The van der Waals surface area contributed by atoms with Crippen molar-refractivity contribution < 1.29 is 4.79 Å². The van der Waals surface area contributed by atoms with E-state index in [1.807, 2.05) is 12.3 Å². The third-order valence-electron chi connectivity index (χ3n) is 3.66. The minimum atomic E-state index is 0.0702. The summed E-state index contributed by atoms with van der Waals surface area (Å²) in [5.74, 6) is 0.0702. The molecule has 0 heterocycles. The third kappa shape index (κ3) is 4.32. The minimum absolute atomic E-state index is 0.0702. The van der Waals surface area contributed by atoms with Crippen LogP contribution in [0.1, 0.15) is 32.6 Å². The van der Waals surface area contributed by atoms with Crippen molar-refractivity contribution in [2.24, 2.45) is 0 Å². The maximum atomic E-state index is 11.0. The van der Waals surface area contributed by atoms with Crippen LogP contribution in [0.5, 0.6) is 0 Å². The number of halogens is 1. The molecule has 0 spiro atoms. The van der Waals surface area contributed by atoms with Gasteiger partial charge in [-0.05, 0) is 50.1 Å². The quantitative estimate of drug-likeness (QED) is 0.828. The molecular formula is C15H21ClN2OS. The van der Waals surface area contributed by atoms with Gasteiger partial charge in [-0.3, -0.25) is 4.79 Å². The number of hydrogen-bond donors (Lipinski definition) is 2. The number of hydrogen-bond acceptors (Lipinski definition) is 3. The van der Waals surface area contributed by atoms with Crippen molar-refractivity contribution in [2.75, 3.05) is 11.6 Å². The third-order valence-corrected chi connectivity index (χ3v) is 4.88. The number of carbonyl (C=O) groups is 1. The zero-order valence-electron chi connectivity index (χ0n) is 11.9. The molecule has 0 aliphatic heterocycles. The first-order chi connectivity index (χ1) is 9.58. The molecule has 1 saturated carbocycles. The molecule has 0 bridgehead atoms. The molecule has 1 aliphatic rings. The molecular weight excluding hydrogens is 292 g/mol. The van der Waals surface area contributed by atoms with Crippen molar-refractivity contribution in [3.05, 3.63) is 23.2 Å². The van der Waals surface area contributed by atoms with Gasteiger partial charge in [-0.1, -0.05) is 11.6 Å². The Labute approximate surface area is 129 Å². The molecule has 0 saturated heterocycles. The zero-order valence-corrected chi connectivity index (χ0v) is 13.5. The van der Waals surface area contributed by atoms with Gasteiger partial charge >= 0.3 is 0 Å². The summed E-state index contributed by atoms with van der Waals surface area (Å²) in [6, 6.07) is 6.94. The number of thioether (sulfide) groups is 1. The molecule has 0 unspecified atom stereocenters. The van der Waals surface area contributed by atoms with Crippen LogP contribution in [0.25, 0.3) is 0 Å². The second-order valence-corrected chi connectivity index (χ2v) is 6.50. The summed E-state index contributed by atoms with van der Waals surface area (Å²) in [5, 5.41) is 7.34.